The summed E-state index contributed by atoms with van der Waals surface area (Å²) in [7, 11) is 2.81. The van der Waals surface area contributed by atoms with E-state index in [2.05, 4.69) is 6.92 Å². The topological polar surface area (TPSA) is 78.9 Å². The number of hydrogen-bond donors (Lipinski definition) is 0. The smallest absolute Gasteiger partial charge is 0.308 e. The normalized spacial score (nSPS) is 23.5. The number of ketones is 2. The van der Waals surface area contributed by atoms with E-state index in [1.54, 1.807) is 36.9 Å². The summed E-state index contributed by atoms with van der Waals surface area (Å²) >= 11 is 1.57. The second-order valence-electron chi connectivity index (χ2n) is 7.11. The maximum Gasteiger partial charge on any atom is 0.308 e. The standard InChI is InChI=1S/C22H26O6S/c1-5-6-10-29-22-15(11-16(23)27-4)28-12(2)17-19(22)20(24)13-8-7-9-14(26-3)18(13)21(17)25/h7-9,12,15,22H,5-6,10-11H2,1-4H3/t12-,15+,22+/m0/s1. The van der Waals surface area contributed by atoms with Crippen molar-refractivity contribution in [1.29, 1.82) is 0 Å². The monoisotopic (exact) mass is 418 g/mol. The van der Waals surface area contributed by atoms with Gasteiger partial charge in [-0.3, -0.25) is 14.4 Å². The average molecular weight is 419 g/mol. The first-order chi connectivity index (χ1) is 13.9. The third kappa shape index (κ3) is 3.98. The van der Waals surface area contributed by atoms with Crippen LogP contribution in [0, 0.1) is 0 Å². The van der Waals surface area contributed by atoms with Crippen molar-refractivity contribution in [1.82, 2.24) is 0 Å². The van der Waals surface area contributed by atoms with Gasteiger partial charge in [-0.25, -0.2) is 0 Å². The number of hydrogen-bond acceptors (Lipinski definition) is 7. The van der Waals surface area contributed by atoms with Crippen LogP contribution in [0.5, 0.6) is 5.75 Å². The molecule has 1 aromatic carbocycles. The van der Waals surface area contributed by atoms with E-state index in [-0.39, 0.29) is 23.6 Å². The van der Waals surface area contributed by atoms with Crippen LogP contribution in [-0.2, 0) is 14.3 Å². The number of carbonyl (C=O) groups is 3. The fourth-order valence-electron chi connectivity index (χ4n) is 3.87. The van der Waals surface area contributed by atoms with Crippen molar-refractivity contribution in [3.05, 3.63) is 40.5 Å². The van der Waals surface area contributed by atoms with Gasteiger partial charge in [0.25, 0.3) is 0 Å². The fraction of sp³-hybridized carbons (Fsp3) is 0.500. The van der Waals surface area contributed by atoms with Gasteiger partial charge in [-0.05, 0) is 25.2 Å². The van der Waals surface area contributed by atoms with Crippen molar-refractivity contribution >= 4 is 29.3 Å². The Morgan fingerprint density at radius 2 is 1.93 bits per heavy atom. The molecule has 0 radical (unpaired) electrons. The number of carbonyl (C=O) groups excluding carboxylic acids is 3. The molecule has 1 aliphatic heterocycles. The van der Waals surface area contributed by atoms with Gasteiger partial charge >= 0.3 is 5.97 Å². The zero-order valence-corrected chi connectivity index (χ0v) is 18.0. The lowest BCUT2D eigenvalue weighted by Crippen LogP contribution is -2.46. The van der Waals surface area contributed by atoms with E-state index < -0.39 is 23.4 Å². The molecule has 3 rings (SSSR count). The summed E-state index contributed by atoms with van der Waals surface area (Å²) in [6.45, 7) is 3.84. The second kappa shape index (κ2) is 9.13. The summed E-state index contributed by atoms with van der Waals surface area (Å²) in [6, 6.07) is 5.05. The van der Waals surface area contributed by atoms with Crippen molar-refractivity contribution in [2.24, 2.45) is 0 Å². The maximum atomic E-state index is 13.5. The summed E-state index contributed by atoms with van der Waals surface area (Å²) < 4.78 is 16.2. The molecule has 1 aromatic rings. The lowest BCUT2D eigenvalue weighted by atomic mass is 9.77. The molecule has 0 N–H and O–H groups in total. The van der Waals surface area contributed by atoms with E-state index in [0.29, 0.717) is 22.5 Å². The van der Waals surface area contributed by atoms with Gasteiger partial charge in [-0.2, -0.15) is 11.8 Å². The van der Waals surface area contributed by atoms with Gasteiger partial charge in [0.05, 0.1) is 43.7 Å². The number of rotatable bonds is 7. The number of benzene rings is 1. The second-order valence-corrected chi connectivity index (χ2v) is 8.36. The van der Waals surface area contributed by atoms with Crippen molar-refractivity contribution in [3.63, 3.8) is 0 Å². The highest BCUT2D eigenvalue weighted by Crippen LogP contribution is 2.43. The number of thioether (sulfide) groups is 1. The average Bonchev–Trinajstić information content (AvgIpc) is 2.72. The van der Waals surface area contributed by atoms with Crippen LogP contribution in [0.3, 0.4) is 0 Å². The van der Waals surface area contributed by atoms with E-state index in [9.17, 15) is 14.4 Å². The molecule has 0 bridgehead atoms. The Balaban J connectivity index is 2.09. The molecular formula is C22H26O6S. The van der Waals surface area contributed by atoms with Crippen LogP contribution in [-0.4, -0.2) is 55.0 Å². The Morgan fingerprint density at radius 1 is 1.17 bits per heavy atom. The largest absolute Gasteiger partial charge is 0.496 e. The first-order valence-corrected chi connectivity index (χ1v) is 10.8. The number of methoxy groups -OCH3 is 2. The van der Waals surface area contributed by atoms with Crippen molar-refractivity contribution in [3.8, 4) is 5.75 Å². The Labute approximate surface area is 175 Å². The summed E-state index contributed by atoms with van der Waals surface area (Å²) in [5.41, 5.74) is 1.48. The van der Waals surface area contributed by atoms with Crippen molar-refractivity contribution < 1.29 is 28.6 Å². The molecule has 1 aliphatic carbocycles. The summed E-state index contributed by atoms with van der Waals surface area (Å²) in [5.74, 6) is 0.361. The molecule has 7 heteroatoms. The number of unbranched alkanes of at least 4 members (excludes halogenated alkanes) is 1. The summed E-state index contributed by atoms with van der Waals surface area (Å²) in [6.07, 6.45) is 0.890. The molecule has 0 spiro atoms. The van der Waals surface area contributed by atoms with Crippen LogP contribution in [0.15, 0.2) is 29.3 Å². The molecule has 0 amide bonds. The van der Waals surface area contributed by atoms with Crippen LogP contribution < -0.4 is 4.74 Å². The SMILES string of the molecule is CCCCS[C@H]1C2=C(C(=O)c3c(OC)cccc3C2=O)[C@H](C)O[C@@H]1CC(=O)OC. The molecule has 29 heavy (non-hydrogen) atoms. The van der Waals surface area contributed by atoms with Gasteiger partial charge < -0.3 is 14.2 Å². The first-order valence-electron chi connectivity index (χ1n) is 9.78. The molecular weight excluding hydrogens is 392 g/mol. The van der Waals surface area contributed by atoms with Gasteiger partial charge in [-0.15, -0.1) is 0 Å². The number of fused-ring (bicyclic) bond motifs is 1. The van der Waals surface area contributed by atoms with Crippen LogP contribution >= 0.6 is 11.8 Å². The molecule has 156 valence electrons. The minimum atomic E-state index is -0.600. The summed E-state index contributed by atoms with van der Waals surface area (Å²) in [4.78, 5) is 38.8. The minimum absolute atomic E-state index is 0.0356. The van der Waals surface area contributed by atoms with Crippen LogP contribution in [0.4, 0.5) is 0 Å². The van der Waals surface area contributed by atoms with E-state index in [4.69, 9.17) is 14.2 Å². The number of esters is 1. The van der Waals surface area contributed by atoms with Crippen molar-refractivity contribution in [2.75, 3.05) is 20.0 Å². The molecule has 6 nitrogen and oxygen atoms in total. The van der Waals surface area contributed by atoms with E-state index in [0.717, 1.165) is 18.6 Å². The van der Waals surface area contributed by atoms with Gasteiger partial charge in [0.15, 0.2) is 11.6 Å². The van der Waals surface area contributed by atoms with Gasteiger partial charge in [0.2, 0.25) is 0 Å². The minimum Gasteiger partial charge on any atom is -0.496 e. The third-order valence-electron chi connectivity index (χ3n) is 5.30. The van der Waals surface area contributed by atoms with Crippen LogP contribution in [0.1, 0.15) is 53.8 Å². The molecule has 1 heterocycles. The Hall–Kier alpha value is -2.12. The maximum absolute atomic E-state index is 13.5. The molecule has 0 fully saturated rings. The van der Waals surface area contributed by atoms with E-state index in [1.165, 1.54) is 14.2 Å². The predicted octanol–water partition coefficient (Wildman–Crippen LogP) is 3.62. The lowest BCUT2D eigenvalue weighted by Gasteiger charge is -2.39. The predicted molar refractivity (Wildman–Crippen MR) is 111 cm³/mol. The Bertz CT molecular complexity index is 859. The summed E-state index contributed by atoms with van der Waals surface area (Å²) in [5, 5.41) is -0.400. The highest BCUT2D eigenvalue weighted by Gasteiger charge is 2.47. The van der Waals surface area contributed by atoms with Crippen LogP contribution in [0.25, 0.3) is 0 Å². The highest BCUT2D eigenvalue weighted by molar-refractivity contribution is 8.00. The molecule has 3 atom stereocenters. The first kappa shape index (κ1) is 21.6. The van der Waals surface area contributed by atoms with Gasteiger partial charge in [-0.1, -0.05) is 25.5 Å². The Kier molecular flexibility index (Phi) is 6.80. The van der Waals surface area contributed by atoms with Crippen molar-refractivity contribution in [2.45, 2.75) is 50.6 Å². The molecule has 0 unspecified atom stereocenters. The molecule has 0 saturated carbocycles. The molecule has 2 aliphatic rings. The fourth-order valence-corrected chi connectivity index (χ4v) is 5.36. The lowest BCUT2D eigenvalue weighted by molar-refractivity contribution is -0.144. The van der Waals surface area contributed by atoms with Crippen LogP contribution in [0.2, 0.25) is 0 Å². The van der Waals surface area contributed by atoms with Gasteiger partial charge in [0.1, 0.15) is 5.75 Å². The van der Waals surface area contributed by atoms with E-state index in [1.807, 2.05) is 0 Å². The molecule has 0 aromatic heterocycles. The Morgan fingerprint density at radius 3 is 2.59 bits per heavy atom. The molecule has 0 saturated heterocycles. The number of ether oxygens (including phenoxy) is 3. The zero-order chi connectivity index (χ0) is 21.1. The quantitative estimate of drug-likeness (QED) is 0.494. The highest BCUT2D eigenvalue weighted by atomic mass is 32.2. The third-order valence-corrected chi connectivity index (χ3v) is 6.72. The number of Topliss-reactive ketones (excluding diaryl/α,β-unsaturated/α-hetero) is 2. The van der Waals surface area contributed by atoms with Gasteiger partial charge in [0, 0.05) is 16.7 Å². The van der Waals surface area contributed by atoms with E-state index >= 15 is 0 Å². The zero-order valence-electron chi connectivity index (χ0n) is 17.2.